The van der Waals surface area contributed by atoms with E-state index in [0.717, 1.165) is 16.8 Å². The molecule has 5 nitrogen and oxygen atoms in total. The van der Waals surface area contributed by atoms with Crippen LogP contribution in [0, 0.1) is 6.92 Å². The average Bonchev–Trinajstić information content (AvgIpc) is 2.59. The maximum Gasteiger partial charge on any atom is 0.236 e. The Labute approximate surface area is 147 Å². The Morgan fingerprint density at radius 2 is 1.60 bits per heavy atom. The Balaban J connectivity index is 1.65. The van der Waals surface area contributed by atoms with Crippen LogP contribution in [-0.2, 0) is 15.8 Å². The first kappa shape index (κ1) is 17.0. The van der Waals surface area contributed by atoms with Gasteiger partial charge in [0.15, 0.2) is 0 Å². The molecule has 6 heteroatoms. The van der Waals surface area contributed by atoms with Gasteiger partial charge in [0.2, 0.25) is 10.0 Å². The lowest BCUT2D eigenvalue weighted by molar-refractivity contribution is 0.600. The lowest BCUT2D eigenvalue weighted by Gasteiger charge is -2.09. The standard InChI is InChI=1S/C19H19N3O2S/c1-15-7-9-16(10-8-15)14-25(23,24)22-18-11-12-19(20-13-18)21-17-5-3-2-4-6-17/h2-13,22H,14H2,1H3,(H,20,21). The molecular weight excluding hydrogens is 334 g/mol. The van der Waals surface area contributed by atoms with Crippen molar-refractivity contribution >= 4 is 27.2 Å². The maximum atomic E-state index is 12.3. The molecule has 0 saturated heterocycles. The quantitative estimate of drug-likeness (QED) is 0.700. The van der Waals surface area contributed by atoms with E-state index in [9.17, 15) is 8.42 Å². The molecule has 0 aliphatic carbocycles. The van der Waals surface area contributed by atoms with Crippen molar-refractivity contribution < 1.29 is 8.42 Å². The molecule has 1 heterocycles. The molecule has 3 rings (SSSR count). The van der Waals surface area contributed by atoms with Crippen LogP contribution in [0.2, 0.25) is 0 Å². The lowest BCUT2D eigenvalue weighted by Crippen LogP contribution is -2.15. The minimum absolute atomic E-state index is 0.0721. The summed E-state index contributed by atoms with van der Waals surface area (Å²) in [6.45, 7) is 1.97. The van der Waals surface area contributed by atoms with Crippen molar-refractivity contribution in [3.05, 3.63) is 84.1 Å². The zero-order chi connectivity index (χ0) is 17.7. The van der Waals surface area contributed by atoms with Crippen LogP contribution in [0.25, 0.3) is 0 Å². The van der Waals surface area contributed by atoms with Crippen LogP contribution in [0.1, 0.15) is 11.1 Å². The second-order valence-electron chi connectivity index (χ2n) is 5.77. The highest BCUT2D eigenvalue weighted by Crippen LogP contribution is 2.17. The topological polar surface area (TPSA) is 71.1 Å². The van der Waals surface area contributed by atoms with Gasteiger partial charge in [0.05, 0.1) is 17.6 Å². The maximum absolute atomic E-state index is 12.3. The molecule has 2 aromatic carbocycles. The van der Waals surface area contributed by atoms with E-state index in [4.69, 9.17) is 0 Å². The second kappa shape index (κ2) is 7.36. The van der Waals surface area contributed by atoms with Gasteiger partial charge < -0.3 is 5.32 Å². The van der Waals surface area contributed by atoms with Crippen molar-refractivity contribution in [2.45, 2.75) is 12.7 Å². The summed E-state index contributed by atoms with van der Waals surface area (Å²) in [5, 5.41) is 3.15. The summed E-state index contributed by atoms with van der Waals surface area (Å²) in [6.07, 6.45) is 1.50. The summed E-state index contributed by atoms with van der Waals surface area (Å²) in [6, 6.07) is 20.5. The molecule has 0 radical (unpaired) electrons. The third-order valence-electron chi connectivity index (χ3n) is 3.56. The van der Waals surface area contributed by atoms with Crippen LogP contribution in [0.5, 0.6) is 0 Å². The number of benzene rings is 2. The highest BCUT2D eigenvalue weighted by molar-refractivity contribution is 7.91. The molecule has 2 N–H and O–H groups in total. The molecule has 0 aliphatic rings. The van der Waals surface area contributed by atoms with E-state index < -0.39 is 10.0 Å². The molecular formula is C19H19N3O2S. The van der Waals surface area contributed by atoms with Gasteiger partial charge >= 0.3 is 0 Å². The summed E-state index contributed by atoms with van der Waals surface area (Å²) in [5.41, 5.74) is 3.20. The summed E-state index contributed by atoms with van der Waals surface area (Å²) < 4.78 is 27.1. The van der Waals surface area contributed by atoms with Gasteiger partial charge in [-0.3, -0.25) is 4.72 Å². The Hall–Kier alpha value is -2.86. The number of nitrogens with zero attached hydrogens (tertiary/aromatic N) is 1. The highest BCUT2D eigenvalue weighted by atomic mass is 32.2. The van der Waals surface area contributed by atoms with Gasteiger partial charge in [0.25, 0.3) is 0 Å². The van der Waals surface area contributed by atoms with Crippen molar-refractivity contribution in [1.82, 2.24) is 4.98 Å². The molecule has 0 bridgehead atoms. The van der Waals surface area contributed by atoms with Gasteiger partial charge in [-0.2, -0.15) is 0 Å². The van der Waals surface area contributed by atoms with Crippen LogP contribution in [0.3, 0.4) is 0 Å². The van der Waals surface area contributed by atoms with Crippen molar-refractivity contribution in [2.24, 2.45) is 0 Å². The highest BCUT2D eigenvalue weighted by Gasteiger charge is 2.12. The molecule has 0 saturated carbocycles. The van der Waals surface area contributed by atoms with Crippen molar-refractivity contribution in [2.75, 3.05) is 10.0 Å². The molecule has 0 aliphatic heterocycles. The largest absolute Gasteiger partial charge is 0.340 e. The number of hydrogen-bond acceptors (Lipinski definition) is 4. The molecule has 1 aromatic heterocycles. The molecule has 0 unspecified atom stereocenters. The smallest absolute Gasteiger partial charge is 0.236 e. The van der Waals surface area contributed by atoms with E-state index >= 15 is 0 Å². The number of aryl methyl sites for hydroxylation is 1. The van der Waals surface area contributed by atoms with Crippen molar-refractivity contribution in [3.63, 3.8) is 0 Å². The molecule has 3 aromatic rings. The van der Waals surface area contributed by atoms with Gasteiger partial charge in [-0.15, -0.1) is 0 Å². The first-order chi connectivity index (χ1) is 12.0. The molecule has 25 heavy (non-hydrogen) atoms. The van der Waals surface area contributed by atoms with E-state index in [-0.39, 0.29) is 5.75 Å². The van der Waals surface area contributed by atoms with Gasteiger partial charge in [0, 0.05) is 5.69 Å². The summed E-state index contributed by atoms with van der Waals surface area (Å²) >= 11 is 0. The average molecular weight is 353 g/mol. The van der Waals surface area contributed by atoms with Crippen LogP contribution < -0.4 is 10.0 Å². The number of nitrogens with one attached hydrogen (secondary N) is 2. The van der Waals surface area contributed by atoms with Gasteiger partial charge in [-0.05, 0) is 36.8 Å². The van der Waals surface area contributed by atoms with Gasteiger partial charge in [-0.25, -0.2) is 13.4 Å². The van der Waals surface area contributed by atoms with Crippen LogP contribution in [0.15, 0.2) is 72.9 Å². The fraction of sp³-hybridized carbons (Fsp3) is 0.105. The molecule has 128 valence electrons. The predicted octanol–water partition coefficient (Wildman–Crippen LogP) is 4.08. The molecule has 0 amide bonds. The molecule has 0 fully saturated rings. The number of hydrogen-bond donors (Lipinski definition) is 2. The fourth-order valence-electron chi connectivity index (χ4n) is 2.32. The molecule has 0 spiro atoms. The van der Waals surface area contributed by atoms with E-state index in [1.807, 2.05) is 61.5 Å². The zero-order valence-corrected chi connectivity index (χ0v) is 14.6. The number of rotatable bonds is 6. The summed E-state index contributed by atoms with van der Waals surface area (Å²) in [4.78, 5) is 4.24. The van der Waals surface area contributed by atoms with E-state index in [0.29, 0.717) is 11.5 Å². The first-order valence-electron chi connectivity index (χ1n) is 7.84. The van der Waals surface area contributed by atoms with Gasteiger partial charge in [0.1, 0.15) is 5.82 Å². The Bertz CT molecular complexity index is 923. The van der Waals surface area contributed by atoms with E-state index in [1.54, 1.807) is 12.1 Å². The lowest BCUT2D eigenvalue weighted by atomic mass is 10.2. The van der Waals surface area contributed by atoms with Crippen molar-refractivity contribution in [1.29, 1.82) is 0 Å². The Morgan fingerprint density at radius 1 is 0.880 bits per heavy atom. The van der Waals surface area contributed by atoms with Gasteiger partial charge in [-0.1, -0.05) is 48.0 Å². The summed E-state index contributed by atoms with van der Waals surface area (Å²) in [7, 11) is -3.48. The third-order valence-corrected chi connectivity index (χ3v) is 4.82. The monoisotopic (exact) mass is 353 g/mol. The second-order valence-corrected chi connectivity index (χ2v) is 7.49. The Morgan fingerprint density at radius 3 is 2.24 bits per heavy atom. The van der Waals surface area contributed by atoms with E-state index in [2.05, 4.69) is 15.0 Å². The van der Waals surface area contributed by atoms with Crippen molar-refractivity contribution in [3.8, 4) is 0 Å². The fourth-order valence-corrected chi connectivity index (χ4v) is 3.50. The number of pyridine rings is 1. The predicted molar refractivity (Wildman–Crippen MR) is 101 cm³/mol. The SMILES string of the molecule is Cc1ccc(CS(=O)(=O)Nc2ccc(Nc3ccccc3)nc2)cc1. The number of sulfonamides is 1. The molecule has 0 atom stereocenters. The number of anilines is 3. The Kier molecular flexibility index (Phi) is 5.00. The van der Waals surface area contributed by atoms with Crippen LogP contribution in [-0.4, -0.2) is 13.4 Å². The normalized spacial score (nSPS) is 11.1. The van der Waals surface area contributed by atoms with Crippen LogP contribution >= 0.6 is 0 Å². The van der Waals surface area contributed by atoms with E-state index in [1.165, 1.54) is 6.20 Å². The minimum atomic E-state index is -3.48. The zero-order valence-electron chi connectivity index (χ0n) is 13.8. The first-order valence-corrected chi connectivity index (χ1v) is 9.50. The van der Waals surface area contributed by atoms with Crippen LogP contribution in [0.4, 0.5) is 17.2 Å². The number of para-hydroxylation sites is 1. The minimum Gasteiger partial charge on any atom is -0.340 e. The number of aromatic nitrogens is 1. The third kappa shape index (κ3) is 5.06. The summed E-state index contributed by atoms with van der Waals surface area (Å²) in [5.74, 6) is 0.574.